The van der Waals surface area contributed by atoms with Gasteiger partial charge in [0.2, 0.25) is 0 Å². The van der Waals surface area contributed by atoms with Gasteiger partial charge in [0.1, 0.15) is 0 Å². The Labute approximate surface area is 60.3 Å². The second-order valence-corrected chi connectivity index (χ2v) is 1.64. The number of hydrazone groups is 1. The van der Waals surface area contributed by atoms with Gasteiger partial charge in [-0.3, -0.25) is 0 Å². The normalized spacial score (nSPS) is 8.50. The first kappa shape index (κ1) is 8.82. The van der Waals surface area contributed by atoms with Gasteiger partial charge in [0.25, 0.3) is 6.08 Å². The van der Waals surface area contributed by atoms with Crippen LogP contribution in [-0.2, 0) is 4.79 Å². The summed E-state index contributed by atoms with van der Waals surface area (Å²) in [5.74, 6) is 0. The van der Waals surface area contributed by atoms with E-state index in [1.54, 1.807) is 12.2 Å². The average Bonchev–Trinajstić information content (AvgIpc) is 1.90. The number of isocyanates is 1. The van der Waals surface area contributed by atoms with Crippen LogP contribution in [0.3, 0.4) is 0 Å². The van der Waals surface area contributed by atoms with Crippen molar-refractivity contribution in [1.29, 1.82) is 0 Å². The summed E-state index contributed by atoms with van der Waals surface area (Å²) in [5, 5.41) is 4.90. The van der Waals surface area contributed by atoms with Gasteiger partial charge in [0, 0.05) is 0 Å². The molecular formula is C7H10N2O+. The third kappa shape index (κ3) is 3.78. The number of hydrogen-bond donors (Lipinski definition) is 0. The van der Waals surface area contributed by atoms with Gasteiger partial charge in [-0.25, -0.2) is 4.79 Å². The Kier molecular flexibility index (Phi) is 5.25. The topological polar surface area (TPSA) is 35.3 Å². The lowest BCUT2D eigenvalue weighted by atomic mass is 10.5. The molecule has 0 aliphatic carbocycles. The Hall–Kier alpha value is -1.18. The highest BCUT2D eigenvalue weighted by Crippen LogP contribution is 1.82. The predicted octanol–water partition coefficient (Wildman–Crippen LogP) is 0.749. The molecule has 0 aromatic heterocycles. The Balaban J connectivity index is 3.81. The molecule has 0 spiro atoms. The van der Waals surface area contributed by atoms with E-state index in [-0.39, 0.29) is 0 Å². The summed E-state index contributed by atoms with van der Waals surface area (Å²) < 4.78 is 0. The largest absolute Gasteiger partial charge is 0.300 e. The molecule has 0 aliphatic heterocycles. The van der Waals surface area contributed by atoms with E-state index in [0.717, 1.165) is 0 Å². The molecule has 3 heteroatoms. The van der Waals surface area contributed by atoms with Crippen LogP contribution in [0.2, 0.25) is 0 Å². The van der Waals surface area contributed by atoms with Gasteiger partial charge in [-0.2, -0.15) is 0 Å². The summed E-state index contributed by atoms with van der Waals surface area (Å²) in [7, 11) is 0. The zero-order valence-corrected chi connectivity index (χ0v) is 5.79. The van der Waals surface area contributed by atoms with Crippen molar-refractivity contribution in [2.45, 2.75) is 0 Å². The molecule has 0 aliphatic rings. The number of rotatable bonds is 5. The van der Waals surface area contributed by atoms with Gasteiger partial charge in [-0.15, -0.1) is 0 Å². The van der Waals surface area contributed by atoms with Crippen molar-refractivity contribution in [3.05, 3.63) is 25.3 Å². The van der Waals surface area contributed by atoms with Gasteiger partial charge in [-0.1, -0.05) is 13.2 Å². The third-order valence-corrected chi connectivity index (χ3v) is 0.862. The highest BCUT2D eigenvalue weighted by Gasteiger charge is 2.07. The lowest BCUT2D eigenvalue weighted by molar-refractivity contribution is 0.493. The fourth-order valence-electron chi connectivity index (χ4n) is 0.512. The molecule has 0 unspecified atom stereocenters. The maximum atomic E-state index is 9.76. The quantitative estimate of drug-likeness (QED) is 0.181. The number of carbonyl (C=O) groups excluding carboxylic acids is 1. The molecule has 0 saturated heterocycles. The van der Waals surface area contributed by atoms with Crippen LogP contribution in [0, 0.1) is 0 Å². The molecule has 0 heterocycles. The van der Waals surface area contributed by atoms with Gasteiger partial charge in [0.15, 0.2) is 13.1 Å². The van der Waals surface area contributed by atoms with E-state index in [0.29, 0.717) is 13.1 Å². The van der Waals surface area contributed by atoms with Crippen LogP contribution >= 0.6 is 0 Å². The van der Waals surface area contributed by atoms with Gasteiger partial charge in [-0.05, 0) is 17.2 Å². The lowest BCUT2D eigenvalue weighted by Crippen LogP contribution is -2.23. The molecule has 1 radical (unpaired) electrons. The molecule has 0 N–H and O–H groups in total. The van der Waals surface area contributed by atoms with Crippen LogP contribution < -0.4 is 5.01 Å². The third-order valence-electron chi connectivity index (χ3n) is 0.862. The van der Waals surface area contributed by atoms with E-state index in [1.807, 2.05) is 0 Å². The molecule has 0 aromatic carbocycles. The van der Waals surface area contributed by atoms with Gasteiger partial charge in [0.05, 0.1) is 5.10 Å². The van der Waals surface area contributed by atoms with Gasteiger partial charge < -0.3 is 0 Å². The van der Waals surface area contributed by atoms with E-state index < -0.39 is 0 Å². The van der Waals surface area contributed by atoms with Crippen LogP contribution in [0.15, 0.2) is 30.4 Å². The molecule has 0 saturated carbocycles. The van der Waals surface area contributed by atoms with E-state index in [9.17, 15) is 4.79 Å². The van der Waals surface area contributed by atoms with E-state index in [4.69, 9.17) is 0 Å². The van der Waals surface area contributed by atoms with Crippen molar-refractivity contribution < 1.29 is 4.79 Å². The second-order valence-electron chi connectivity index (χ2n) is 1.64. The molecule has 0 atom stereocenters. The van der Waals surface area contributed by atoms with Gasteiger partial charge >= 0.3 is 0 Å². The molecular weight excluding hydrogens is 128 g/mol. The van der Waals surface area contributed by atoms with E-state index >= 15 is 0 Å². The first-order chi connectivity index (χ1) is 4.85. The Bertz CT molecular complexity index is 149. The van der Waals surface area contributed by atoms with Crippen molar-refractivity contribution >= 4 is 6.08 Å². The Morgan fingerprint density at radius 3 is 2.20 bits per heavy atom. The second kappa shape index (κ2) is 5.95. The van der Waals surface area contributed by atoms with Crippen molar-refractivity contribution in [1.82, 2.24) is 5.01 Å². The van der Waals surface area contributed by atoms with E-state index in [1.165, 1.54) is 11.1 Å². The smallest absolute Gasteiger partial charge is 0.206 e. The van der Waals surface area contributed by atoms with E-state index in [2.05, 4.69) is 18.3 Å². The fourth-order valence-corrected chi connectivity index (χ4v) is 0.512. The average molecular weight is 138 g/mol. The molecule has 53 valence electrons. The summed E-state index contributed by atoms with van der Waals surface area (Å²) in [6.07, 6.45) is 4.76. The SMILES string of the molecule is C=CC[N+](CC=C)N=C=O. The number of hydrogen-bond acceptors (Lipinski definition) is 3. The highest BCUT2D eigenvalue weighted by molar-refractivity contribution is 5.32. The van der Waals surface area contributed by atoms with Crippen molar-refractivity contribution in [3.8, 4) is 0 Å². The van der Waals surface area contributed by atoms with Crippen molar-refractivity contribution in [3.63, 3.8) is 0 Å². The van der Waals surface area contributed by atoms with Crippen molar-refractivity contribution in [2.75, 3.05) is 13.1 Å². The molecule has 0 bridgehead atoms. The van der Waals surface area contributed by atoms with Crippen LogP contribution in [0.4, 0.5) is 0 Å². The number of nitrogens with zero attached hydrogens (tertiary/aromatic N) is 2. The first-order valence-electron chi connectivity index (χ1n) is 2.89. The zero-order chi connectivity index (χ0) is 7.82. The highest BCUT2D eigenvalue weighted by atomic mass is 16.1. The lowest BCUT2D eigenvalue weighted by Gasteiger charge is -1.93. The summed E-state index contributed by atoms with van der Waals surface area (Å²) in [6, 6.07) is 0. The summed E-state index contributed by atoms with van der Waals surface area (Å²) >= 11 is 0. The zero-order valence-electron chi connectivity index (χ0n) is 5.79. The van der Waals surface area contributed by atoms with Crippen LogP contribution in [0.1, 0.15) is 0 Å². The standard InChI is InChI=1S/C7H10N2O/c1-3-5-9(6-4-2)8-7-10/h3-4H,1-2,5-6H2/q+1. The Morgan fingerprint density at radius 1 is 1.40 bits per heavy atom. The molecule has 3 nitrogen and oxygen atoms in total. The maximum Gasteiger partial charge on any atom is 0.300 e. The molecule has 0 rings (SSSR count). The van der Waals surface area contributed by atoms with Crippen LogP contribution in [0.25, 0.3) is 0 Å². The minimum atomic E-state index is 0.543. The summed E-state index contributed by atoms with van der Waals surface area (Å²) in [4.78, 5) is 9.76. The first-order valence-corrected chi connectivity index (χ1v) is 2.89. The van der Waals surface area contributed by atoms with Crippen LogP contribution in [-0.4, -0.2) is 19.2 Å². The molecule has 0 fully saturated rings. The maximum absolute atomic E-state index is 9.76. The predicted molar refractivity (Wildman–Crippen MR) is 40.4 cm³/mol. The fraction of sp³-hybridized carbons (Fsp3) is 0.286. The van der Waals surface area contributed by atoms with Crippen LogP contribution in [0.5, 0.6) is 0 Å². The Morgan fingerprint density at radius 2 is 1.90 bits per heavy atom. The summed E-state index contributed by atoms with van der Waals surface area (Å²) in [6.45, 7) is 8.08. The minimum absolute atomic E-state index is 0.543. The molecule has 10 heavy (non-hydrogen) atoms. The minimum Gasteiger partial charge on any atom is -0.206 e. The molecule has 0 amide bonds. The molecule has 0 aromatic rings. The van der Waals surface area contributed by atoms with Crippen molar-refractivity contribution in [2.24, 2.45) is 5.10 Å². The summed E-state index contributed by atoms with van der Waals surface area (Å²) in [5.41, 5.74) is 0. The monoisotopic (exact) mass is 138 g/mol.